The van der Waals surface area contributed by atoms with Gasteiger partial charge in [0.05, 0.1) is 23.5 Å². The third-order valence-corrected chi connectivity index (χ3v) is 5.54. The number of hydrogen-bond donors (Lipinski definition) is 1. The van der Waals surface area contributed by atoms with E-state index in [1.807, 2.05) is 13.0 Å². The van der Waals surface area contributed by atoms with Gasteiger partial charge in [-0.1, -0.05) is 25.1 Å². The second-order valence-corrected chi connectivity index (χ2v) is 7.19. The van der Waals surface area contributed by atoms with Gasteiger partial charge in [-0.15, -0.1) is 0 Å². The van der Waals surface area contributed by atoms with Crippen molar-refractivity contribution in [1.82, 2.24) is 4.31 Å². The zero-order valence-electron chi connectivity index (χ0n) is 11.4. The Hall–Kier alpha value is -1.42. The van der Waals surface area contributed by atoms with Crippen LogP contribution in [0, 0.1) is 17.2 Å². The summed E-state index contributed by atoms with van der Waals surface area (Å²) in [6.45, 7) is 2.48. The average Bonchev–Trinajstić information content (AvgIpc) is 2.42. The van der Waals surface area contributed by atoms with E-state index in [0.717, 1.165) is 0 Å². The molecule has 20 heavy (non-hydrogen) atoms. The number of hydrogen-bond acceptors (Lipinski definition) is 4. The zero-order valence-corrected chi connectivity index (χ0v) is 12.2. The van der Waals surface area contributed by atoms with Gasteiger partial charge in [0, 0.05) is 13.1 Å². The van der Waals surface area contributed by atoms with E-state index in [1.54, 1.807) is 24.3 Å². The molecular formula is C14H18N2O3S. The van der Waals surface area contributed by atoms with E-state index in [0.29, 0.717) is 24.1 Å². The van der Waals surface area contributed by atoms with Crippen LogP contribution in [0.2, 0.25) is 0 Å². The predicted octanol–water partition coefficient (Wildman–Crippen LogP) is 1.09. The average molecular weight is 294 g/mol. The second kappa shape index (κ2) is 5.92. The maximum atomic E-state index is 12.4. The maximum absolute atomic E-state index is 12.4. The van der Waals surface area contributed by atoms with Crippen molar-refractivity contribution in [2.24, 2.45) is 5.92 Å². The van der Waals surface area contributed by atoms with Crippen LogP contribution in [0.15, 0.2) is 24.3 Å². The van der Waals surface area contributed by atoms with Gasteiger partial charge in [-0.3, -0.25) is 0 Å². The molecule has 6 heteroatoms. The summed E-state index contributed by atoms with van der Waals surface area (Å²) in [6, 6.07) is 8.70. The standard InChI is InChI=1S/C14H18N2O3S/c1-11-6-7-16(9-14(11)17)20(18,19)10-13-5-3-2-4-12(13)8-15/h2-5,11,14,17H,6-7,9-10H2,1H3. The zero-order chi connectivity index (χ0) is 14.8. The van der Waals surface area contributed by atoms with Crippen LogP contribution in [0.4, 0.5) is 0 Å². The Kier molecular flexibility index (Phi) is 4.43. The van der Waals surface area contributed by atoms with Crippen LogP contribution in [-0.2, 0) is 15.8 Å². The fraction of sp³-hybridized carbons (Fsp3) is 0.500. The van der Waals surface area contributed by atoms with E-state index < -0.39 is 16.1 Å². The Bertz CT molecular complexity index is 622. The van der Waals surface area contributed by atoms with Gasteiger partial charge in [0.25, 0.3) is 0 Å². The number of nitriles is 1. The molecule has 0 bridgehead atoms. The number of aliphatic hydroxyl groups excluding tert-OH is 1. The lowest BCUT2D eigenvalue weighted by Gasteiger charge is -2.33. The van der Waals surface area contributed by atoms with Gasteiger partial charge in [0.1, 0.15) is 0 Å². The molecule has 1 aromatic rings. The Morgan fingerprint density at radius 3 is 2.80 bits per heavy atom. The van der Waals surface area contributed by atoms with E-state index in [2.05, 4.69) is 0 Å². The summed E-state index contributed by atoms with van der Waals surface area (Å²) in [5, 5.41) is 18.8. The Morgan fingerprint density at radius 1 is 1.45 bits per heavy atom. The smallest absolute Gasteiger partial charge is 0.218 e. The normalized spacial score (nSPS) is 24.2. The fourth-order valence-corrected chi connectivity index (χ4v) is 3.91. The van der Waals surface area contributed by atoms with Crippen LogP contribution in [0.3, 0.4) is 0 Å². The number of rotatable bonds is 3. The third kappa shape index (κ3) is 3.18. The summed E-state index contributed by atoms with van der Waals surface area (Å²) >= 11 is 0. The van der Waals surface area contributed by atoms with Gasteiger partial charge in [-0.25, -0.2) is 8.42 Å². The largest absolute Gasteiger partial charge is 0.391 e. The summed E-state index contributed by atoms with van der Waals surface area (Å²) in [6.07, 6.45) is 0.0325. The molecule has 1 aliphatic heterocycles. The molecule has 0 amide bonds. The fourth-order valence-electron chi connectivity index (χ4n) is 2.32. The minimum Gasteiger partial charge on any atom is -0.391 e. The van der Waals surface area contributed by atoms with Crippen molar-refractivity contribution in [3.05, 3.63) is 35.4 Å². The number of sulfonamides is 1. The van der Waals surface area contributed by atoms with Gasteiger partial charge in [-0.2, -0.15) is 9.57 Å². The Labute approximate surface area is 119 Å². The molecule has 1 saturated heterocycles. The van der Waals surface area contributed by atoms with Crippen molar-refractivity contribution < 1.29 is 13.5 Å². The number of aliphatic hydroxyl groups is 1. The van der Waals surface area contributed by atoms with Crippen molar-refractivity contribution in [2.75, 3.05) is 13.1 Å². The summed E-state index contributed by atoms with van der Waals surface area (Å²) in [5.74, 6) is -0.0782. The molecule has 1 aromatic carbocycles. The van der Waals surface area contributed by atoms with Crippen LogP contribution in [0.25, 0.3) is 0 Å². The van der Waals surface area contributed by atoms with Crippen LogP contribution >= 0.6 is 0 Å². The van der Waals surface area contributed by atoms with Crippen LogP contribution < -0.4 is 0 Å². The lowest BCUT2D eigenvalue weighted by atomic mass is 9.98. The van der Waals surface area contributed by atoms with Crippen LogP contribution in [0.1, 0.15) is 24.5 Å². The molecule has 0 saturated carbocycles. The van der Waals surface area contributed by atoms with Crippen molar-refractivity contribution in [3.63, 3.8) is 0 Å². The molecule has 0 aliphatic carbocycles. The van der Waals surface area contributed by atoms with Crippen molar-refractivity contribution in [1.29, 1.82) is 5.26 Å². The quantitative estimate of drug-likeness (QED) is 0.905. The Balaban J connectivity index is 2.18. The predicted molar refractivity (Wildman–Crippen MR) is 75.1 cm³/mol. The molecule has 2 unspecified atom stereocenters. The molecule has 0 spiro atoms. The van der Waals surface area contributed by atoms with Gasteiger partial charge in [0.2, 0.25) is 10.0 Å². The first-order chi connectivity index (χ1) is 9.44. The minimum atomic E-state index is -3.50. The molecule has 2 rings (SSSR count). The van der Waals surface area contributed by atoms with E-state index in [4.69, 9.17) is 5.26 Å². The first kappa shape index (κ1) is 15.0. The topological polar surface area (TPSA) is 81.4 Å². The van der Waals surface area contributed by atoms with Gasteiger partial charge < -0.3 is 5.11 Å². The number of piperidine rings is 1. The van der Waals surface area contributed by atoms with Crippen molar-refractivity contribution >= 4 is 10.0 Å². The highest BCUT2D eigenvalue weighted by Gasteiger charge is 2.32. The number of benzene rings is 1. The van der Waals surface area contributed by atoms with Crippen LogP contribution in [-0.4, -0.2) is 37.0 Å². The molecule has 0 radical (unpaired) electrons. The summed E-state index contributed by atoms with van der Waals surface area (Å²) in [4.78, 5) is 0. The van der Waals surface area contributed by atoms with E-state index in [-0.39, 0.29) is 18.2 Å². The lowest BCUT2D eigenvalue weighted by molar-refractivity contribution is 0.0604. The van der Waals surface area contributed by atoms with E-state index in [9.17, 15) is 13.5 Å². The minimum absolute atomic E-state index is 0.118. The van der Waals surface area contributed by atoms with E-state index in [1.165, 1.54) is 4.31 Å². The van der Waals surface area contributed by atoms with E-state index >= 15 is 0 Å². The van der Waals surface area contributed by atoms with Gasteiger partial charge in [-0.05, 0) is 24.0 Å². The van der Waals surface area contributed by atoms with Crippen LogP contribution in [0.5, 0.6) is 0 Å². The highest BCUT2D eigenvalue weighted by Crippen LogP contribution is 2.22. The Morgan fingerprint density at radius 2 is 2.15 bits per heavy atom. The van der Waals surface area contributed by atoms with Crippen molar-refractivity contribution in [3.8, 4) is 6.07 Å². The molecular weight excluding hydrogens is 276 g/mol. The number of nitrogens with zero attached hydrogens (tertiary/aromatic N) is 2. The molecule has 1 fully saturated rings. The molecule has 108 valence electrons. The second-order valence-electron chi connectivity index (χ2n) is 5.22. The molecule has 0 aromatic heterocycles. The molecule has 5 nitrogen and oxygen atoms in total. The molecule has 1 aliphatic rings. The molecule has 1 heterocycles. The highest BCUT2D eigenvalue weighted by molar-refractivity contribution is 7.88. The molecule has 1 N–H and O–H groups in total. The summed E-state index contributed by atoms with van der Waals surface area (Å²) < 4.78 is 26.1. The maximum Gasteiger partial charge on any atom is 0.218 e. The first-order valence-corrected chi connectivity index (χ1v) is 8.19. The summed E-state index contributed by atoms with van der Waals surface area (Å²) in [7, 11) is -3.50. The monoisotopic (exact) mass is 294 g/mol. The van der Waals surface area contributed by atoms with Gasteiger partial charge >= 0.3 is 0 Å². The lowest BCUT2D eigenvalue weighted by Crippen LogP contribution is -2.46. The molecule has 2 atom stereocenters. The highest BCUT2D eigenvalue weighted by atomic mass is 32.2. The SMILES string of the molecule is CC1CCN(S(=O)(=O)Cc2ccccc2C#N)CC1O. The summed E-state index contributed by atoms with van der Waals surface area (Å²) in [5.41, 5.74) is 0.880. The first-order valence-electron chi connectivity index (χ1n) is 6.58. The number of β-amino-alcohol motifs (C(OH)–C–C–N with tert-alkyl or cyclic N) is 1. The van der Waals surface area contributed by atoms with Crippen molar-refractivity contribution in [2.45, 2.75) is 25.2 Å². The third-order valence-electron chi connectivity index (χ3n) is 3.75. The van der Waals surface area contributed by atoms with Gasteiger partial charge in [0.15, 0.2) is 0 Å².